The SMILES string of the molecule is CC1(C)[C@H](C(=O)Cl)[C@H]1C(Br)C(Br)(Br)Br. The van der Waals surface area contributed by atoms with Crippen molar-refractivity contribution >= 4 is 80.6 Å². The molecule has 0 aromatic rings. The Morgan fingerprint density at radius 3 is 2.07 bits per heavy atom. The summed E-state index contributed by atoms with van der Waals surface area (Å²) in [7, 11) is 0. The zero-order chi connectivity index (χ0) is 11.3. The molecule has 0 amide bonds. The highest BCUT2D eigenvalue weighted by atomic mass is 80.0. The van der Waals surface area contributed by atoms with Crippen molar-refractivity contribution in [1.29, 1.82) is 0 Å². The maximum atomic E-state index is 11.2. The summed E-state index contributed by atoms with van der Waals surface area (Å²) in [6.07, 6.45) is 0. The van der Waals surface area contributed by atoms with Crippen molar-refractivity contribution in [2.75, 3.05) is 0 Å². The molecule has 0 heterocycles. The standard InChI is InChI=1S/C8H9Br4ClO/c1-7(2)3(4(7)6(13)14)5(9)8(10,11)12/h3-5H,1-2H3/t3-,4-,5?/m0/s1. The highest BCUT2D eigenvalue weighted by Crippen LogP contribution is 2.66. The molecule has 0 saturated heterocycles. The third-order valence-corrected chi connectivity index (χ3v) is 7.60. The normalized spacial score (nSPS) is 32.5. The highest BCUT2D eigenvalue weighted by Gasteiger charge is 2.66. The van der Waals surface area contributed by atoms with Crippen LogP contribution < -0.4 is 0 Å². The van der Waals surface area contributed by atoms with Crippen molar-refractivity contribution in [3.8, 4) is 0 Å². The van der Waals surface area contributed by atoms with Crippen LogP contribution in [0.25, 0.3) is 0 Å². The summed E-state index contributed by atoms with van der Waals surface area (Å²) in [5.74, 6) is 0.159. The van der Waals surface area contributed by atoms with E-state index >= 15 is 0 Å². The molecule has 0 spiro atoms. The van der Waals surface area contributed by atoms with Crippen LogP contribution in [0.3, 0.4) is 0 Å². The molecule has 1 aliphatic carbocycles. The largest absolute Gasteiger partial charge is 0.281 e. The minimum absolute atomic E-state index is 0.0342. The van der Waals surface area contributed by atoms with Gasteiger partial charge in [-0.05, 0) is 22.9 Å². The Balaban J connectivity index is 2.79. The molecular weight excluding hydrogens is 467 g/mol. The zero-order valence-corrected chi connectivity index (χ0v) is 14.6. The Hall–Kier alpha value is 1.88. The Kier molecular flexibility index (Phi) is 4.26. The number of hydrogen-bond donors (Lipinski definition) is 0. The second-order valence-corrected chi connectivity index (χ2v) is 12.4. The number of halogens is 5. The Morgan fingerprint density at radius 2 is 1.86 bits per heavy atom. The molecule has 0 aromatic heterocycles. The predicted octanol–water partition coefficient (Wildman–Crippen LogP) is 4.63. The molecule has 0 aliphatic heterocycles. The van der Waals surface area contributed by atoms with Crippen LogP contribution in [0.4, 0.5) is 0 Å². The third kappa shape index (κ3) is 2.58. The molecule has 3 atom stereocenters. The molecular formula is C8H9Br4ClO. The first-order valence-corrected chi connectivity index (χ1v) is 7.67. The van der Waals surface area contributed by atoms with E-state index in [1.165, 1.54) is 0 Å². The number of hydrogen-bond acceptors (Lipinski definition) is 1. The lowest BCUT2D eigenvalue weighted by atomic mass is 10.1. The summed E-state index contributed by atoms with van der Waals surface area (Å²) in [4.78, 5) is 11.3. The first-order chi connectivity index (χ1) is 6.10. The second-order valence-electron chi connectivity index (χ2n) is 4.07. The minimum Gasteiger partial charge on any atom is -0.281 e. The van der Waals surface area contributed by atoms with Gasteiger partial charge < -0.3 is 0 Å². The molecule has 0 bridgehead atoms. The van der Waals surface area contributed by atoms with Crippen molar-refractivity contribution in [2.24, 2.45) is 17.3 Å². The van der Waals surface area contributed by atoms with Gasteiger partial charge >= 0.3 is 0 Å². The van der Waals surface area contributed by atoms with Gasteiger partial charge in [-0.3, -0.25) is 4.79 Å². The van der Waals surface area contributed by atoms with Crippen LogP contribution in [0.1, 0.15) is 13.8 Å². The van der Waals surface area contributed by atoms with Crippen molar-refractivity contribution in [2.45, 2.75) is 20.8 Å². The van der Waals surface area contributed by atoms with E-state index in [1.807, 2.05) is 0 Å². The van der Waals surface area contributed by atoms with Crippen molar-refractivity contribution < 1.29 is 4.79 Å². The lowest BCUT2D eigenvalue weighted by molar-refractivity contribution is -0.113. The van der Waals surface area contributed by atoms with Crippen LogP contribution >= 0.6 is 75.3 Å². The van der Waals surface area contributed by atoms with Crippen molar-refractivity contribution in [3.63, 3.8) is 0 Å². The van der Waals surface area contributed by atoms with Crippen LogP contribution in [-0.4, -0.2) is 12.2 Å². The van der Waals surface area contributed by atoms with Gasteiger partial charge in [0.1, 0.15) is 2.14 Å². The van der Waals surface area contributed by atoms with E-state index in [-0.39, 0.29) is 27.3 Å². The molecule has 1 rings (SSSR count). The van der Waals surface area contributed by atoms with E-state index in [1.54, 1.807) is 0 Å². The average Bonchev–Trinajstić information content (AvgIpc) is 2.49. The number of alkyl halides is 4. The maximum absolute atomic E-state index is 11.2. The summed E-state index contributed by atoms with van der Waals surface area (Å²) in [6.45, 7) is 4.10. The highest BCUT2D eigenvalue weighted by molar-refractivity contribution is 9.40. The third-order valence-electron chi connectivity index (χ3n) is 2.78. The lowest BCUT2D eigenvalue weighted by Gasteiger charge is -2.20. The molecule has 1 saturated carbocycles. The smallest absolute Gasteiger partial charge is 0.225 e. The van der Waals surface area contributed by atoms with Gasteiger partial charge in [-0.15, -0.1) is 0 Å². The van der Waals surface area contributed by atoms with Gasteiger partial charge in [-0.2, -0.15) is 0 Å². The molecule has 1 nitrogen and oxygen atoms in total. The van der Waals surface area contributed by atoms with Crippen LogP contribution in [0.2, 0.25) is 0 Å². The molecule has 0 N–H and O–H groups in total. The summed E-state index contributed by atoms with van der Waals surface area (Å²) in [5.41, 5.74) is -0.0342. The fraction of sp³-hybridized carbons (Fsp3) is 0.875. The predicted molar refractivity (Wildman–Crippen MR) is 73.8 cm³/mol. The van der Waals surface area contributed by atoms with Gasteiger partial charge in [0.2, 0.25) is 5.24 Å². The Labute approximate surface area is 122 Å². The van der Waals surface area contributed by atoms with Crippen LogP contribution in [-0.2, 0) is 4.79 Å². The van der Waals surface area contributed by atoms with Crippen LogP contribution in [0, 0.1) is 17.3 Å². The quantitative estimate of drug-likeness (QED) is 0.420. The molecule has 6 heteroatoms. The van der Waals surface area contributed by atoms with E-state index in [0.29, 0.717) is 0 Å². The van der Waals surface area contributed by atoms with E-state index in [4.69, 9.17) is 11.6 Å². The average molecular weight is 476 g/mol. The fourth-order valence-electron chi connectivity index (χ4n) is 1.86. The van der Waals surface area contributed by atoms with E-state index in [2.05, 4.69) is 77.6 Å². The molecule has 82 valence electrons. The summed E-state index contributed by atoms with van der Waals surface area (Å²) in [6, 6.07) is 0. The van der Waals surface area contributed by atoms with E-state index in [9.17, 15) is 4.79 Å². The number of rotatable bonds is 2. The van der Waals surface area contributed by atoms with Gasteiger partial charge in [-0.25, -0.2) is 0 Å². The monoisotopic (exact) mass is 472 g/mol. The van der Waals surface area contributed by atoms with Gasteiger partial charge in [-0.1, -0.05) is 77.6 Å². The fourth-order valence-corrected chi connectivity index (χ4v) is 4.12. The Bertz CT molecular complexity index is 261. The molecule has 1 aliphatic rings. The lowest BCUT2D eigenvalue weighted by Crippen LogP contribution is -2.22. The zero-order valence-electron chi connectivity index (χ0n) is 7.53. The van der Waals surface area contributed by atoms with Gasteiger partial charge in [0.15, 0.2) is 0 Å². The number of carbonyl (C=O) groups is 1. The van der Waals surface area contributed by atoms with E-state index < -0.39 is 2.14 Å². The molecule has 0 radical (unpaired) electrons. The van der Waals surface area contributed by atoms with E-state index in [0.717, 1.165) is 0 Å². The summed E-state index contributed by atoms with van der Waals surface area (Å²) < 4.78 is -0.393. The molecule has 14 heavy (non-hydrogen) atoms. The molecule has 1 fully saturated rings. The van der Waals surface area contributed by atoms with Crippen LogP contribution in [0.15, 0.2) is 0 Å². The van der Waals surface area contributed by atoms with Crippen molar-refractivity contribution in [1.82, 2.24) is 0 Å². The minimum atomic E-state index is -0.393. The number of carbonyl (C=O) groups excluding carboxylic acids is 1. The first-order valence-electron chi connectivity index (χ1n) is 4.00. The topological polar surface area (TPSA) is 17.1 Å². The first kappa shape index (κ1) is 13.9. The summed E-state index contributed by atoms with van der Waals surface area (Å²) in [5, 5.41) is -0.249. The Morgan fingerprint density at radius 1 is 1.43 bits per heavy atom. The summed E-state index contributed by atoms with van der Waals surface area (Å²) >= 11 is 19.4. The molecule has 0 aromatic carbocycles. The molecule has 1 unspecified atom stereocenters. The van der Waals surface area contributed by atoms with Gasteiger partial charge in [0.05, 0.1) is 4.83 Å². The van der Waals surface area contributed by atoms with Crippen LogP contribution in [0.5, 0.6) is 0 Å². The van der Waals surface area contributed by atoms with Crippen molar-refractivity contribution in [3.05, 3.63) is 0 Å². The second kappa shape index (κ2) is 4.28. The van der Waals surface area contributed by atoms with Gasteiger partial charge in [0.25, 0.3) is 0 Å². The van der Waals surface area contributed by atoms with Gasteiger partial charge in [0, 0.05) is 5.92 Å². The maximum Gasteiger partial charge on any atom is 0.225 e.